The van der Waals surface area contributed by atoms with E-state index in [1.807, 2.05) is 0 Å². The number of benzene rings is 2. The van der Waals surface area contributed by atoms with Gasteiger partial charge in [-0.1, -0.05) is 17.7 Å². The predicted molar refractivity (Wildman–Crippen MR) is 115 cm³/mol. The number of hydrogen-bond acceptors (Lipinski definition) is 7. The minimum atomic E-state index is -4.17. The number of aromatic nitrogens is 1. The van der Waals surface area contributed by atoms with E-state index in [0.717, 1.165) is 11.6 Å². The third-order valence-electron chi connectivity index (χ3n) is 3.99. The standard InChI is InChI=1S/C19H16ClN5O4S/c1-13(14-3-2-10-21-12-14)22-23-18-9-8-17(25(26)27)11-19(18)30(28,29)24-16-6-4-15(20)5-7-16/h2-12,23-24H,1H3/b22-13+. The molecule has 1 heterocycles. The van der Waals surface area contributed by atoms with Crippen molar-refractivity contribution in [2.75, 3.05) is 10.1 Å². The van der Waals surface area contributed by atoms with Crippen molar-refractivity contribution in [1.82, 2.24) is 4.98 Å². The monoisotopic (exact) mass is 445 g/mol. The number of nitrogens with one attached hydrogen (secondary N) is 2. The van der Waals surface area contributed by atoms with Gasteiger partial charge >= 0.3 is 0 Å². The van der Waals surface area contributed by atoms with Crippen molar-refractivity contribution in [2.45, 2.75) is 11.8 Å². The Kier molecular flexibility index (Phi) is 6.28. The van der Waals surface area contributed by atoms with E-state index in [-0.39, 0.29) is 22.0 Å². The van der Waals surface area contributed by atoms with Crippen LogP contribution in [0.3, 0.4) is 0 Å². The van der Waals surface area contributed by atoms with Crippen molar-refractivity contribution in [3.05, 3.63) is 87.7 Å². The summed E-state index contributed by atoms with van der Waals surface area (Å²) in [6.45, 7) is 1.72. The second-order valence-corrected chi connectivity index (χ2v) is 8.19. The molecule has 0 aliphatic heterocycles. The molecule has 0 saturated carbocycles. The normalized spacial score (nSPS) is 11.7. The molecule has 1 aromatic heterocycles. The van der Waals surface area contributed by atoms with Gasteiger partial charge in [0.1, 0.15) is 4.90 Å². The van der Waals surface area contributed by atoms with E-state index in [1.165, 1.54) is 36.4 Å². The van der Waals surface area contributed by atoms with Gasteiger partial charge in [0.2, 0.25) is 0 Å². The Morgan fingerprint density at radius 1 is 1.17 bits per heavy atom. The fraction of sp³-hybridized carbons (Fsp3) is 0.0526. The van der Waals surface area contributed by atoms with Crippen LogP contribution in [0.2, 0.25) is 5.02 Å². The zero-order valence-corrected chi connectivity index (χ0v) is 17.2. The van der Waals surface area contributed by atoms with Gasteiger partial charge in [-0.05, 0) is 43.3 Å². The molecular weight excluding hydrogens is 430 g/mol. The maximum Gasteiger partial charge on any atom is 0.270 e. The first-order chi connectivity index (χ1) is 14.3. The lowest BCUT2D eigenvalue weighted by Crippen LogP contribution is -2.15. The largest absolute Gasteiger partial charge is 0.280 e. The lowest BCUT2D eigenvalue weighted by Gasteiger charge is -2.12. The number of hydrazone groups is 1. The van der Waals surface area contributed by atoms with E-state index >= 15 is 0 Å². The molecule has 0 bridgehead atoms. The summed E-state index contributed by atoms with van der Waals surface area (Å²) in [7, 11) is -4.17. The van der Waals surface area contributed by atoms with Crippen molar-refractivity contribution in [3.63, 3.8) is 0 Å². The highest BCUT2D eigenvalue weighted by molar-refractivity contribution is 7.92. The molecule has 0 aliphatic carbocycles. The lowest BCUT2D eigenvalue weighted by molar-refractivity contribution is -0.385. The van der Waals surface area contributed by atoms with E-state index < -0.39 is 14.9 Å². The van der Waals surface area contributed by atoms with Gasteiger partial charge in [0, 0.05) is 40.8 Å². The molecular formula is C19H16ClN5O4S. The molecule has 0 radical (unpaired) electrons. The lowest BCUT2D eigenvalue weighted by atomic mass is 10.2. The van der Waals surface area contributed by atoms with Gasteiger partial charge in [0.25, 0.3) is 15.7 Å². The number of pyridine rings is 1. The van der Waals surface area contributed by atoms with Gasteiger partial charge in [-0.3, -0.25) is 25.2 Å². The Morgan fingerprint density at radius 3 is 2.53 bits per heavy atom. The van der Waals surface area contributed by atoms with Crippen molar-refractivity contribution in [3.8, 4) is 0 Å². The van der Waals surface area contributed by atoms with Crippen LogP contribution in [0, 0.1) is 10.1 Å². The average molecular weight is 446 g/mol. The fourth-order valence-corrected chi connectivity index (χ4v) is 3.81. The van der Waals surface area contributed by atoms with Crippen molar-refractivity contribution in [1.29, 1.82) is 0 Å². The Bertz CT molecular complexity index is 1200. The Labute approximate surface area is 177 Å². The van der Waals surface area contributed by atoms with Gasteiger partial charge in [-0.25, -0.2) is 8.42 Å². The number of rotatable bonds is 7. The van der Waals surface area contributed by atoms with E-state index in [1.54, 1.807) is 31.5 Å². The second-order valence-electron chi connectivity index (χ2n) is 6.10. The molecule has 3 rings (SSSR count). The molecule has 2 N–H and O–H groups in total. The molecule has 0 unspecified atom stereocenters. The molecule has 0 atom stereocenters. The van der Waals surface area contributed by atoms with E-state index in [4.69, 9.17) is 11.6 Å². The summed E-state index contributed by atoms with van der Waals surface area (Å²) in [6, 6.07) is 13.0. The van der Waals surface area contributed by atoms with Crippen LogP contribution >= 0.6 is 11.6 Å². The van der Waals surface area contributed by atoms with E-state index in [0.29, 0.717) is 10.7 Å². The first-order valence-electron chi connectivity index (χ1n) is 8.54. The minimum Gasteiger partial charge on any atom is -0.280 e. The second kappa shape index (κ2) is 8.89. The molecule has 0 spiro atoms. The van der Waals surface area contributed by atoms with Crippen molar-refractivity contribution >= 4 is 44.4 Å². The number of halogens is 1. The topological polar surface area (TPSA) is 127 Å². The highest BCUT2D eigenvalue weighted by Crippen LogP contribution is 2.28. The van der Waals surface area contributed by atoms with Gasteiger partial charge < -0.3 is 0 Å². The Hall–Kier alpha value is -3.50. The highest BCUT2D eigenvalue weighted by Gasteiger charge is 2.23. The first kappa shape index (κ1) is 21.2. The van der Waals surface area contributed by atoms with Crippen LogP contribution < -0.4 is 10.1 Å². The minimum absolute atomic E-state index is 0.0744. The summed E-state index contributed by atoms with van der Waals surface area (Å²) in [5.41, 5.74) is 3.92. The molecule has 0 saturated heterocycles. The van der Waals surface area contributed by atoms with E-state index in [9.17, 15) is 18.5 Å². The summed E-state index contributed by atoms with van der Waals surface area (Å²) in [4.78, 5) is 14.2. The number of sulfonamides is 1. The number of non-ortho nitro benzene ring substituents is 1. The molecule has 0 aliphatic rings. The molecule has 2 aromatic carbocycles. The van der Waals surface area contributed by atoms with Crippen LogP contribution in [0.25, 0.3) is 0 Å². The number of nitro benzene ring substituents is 1. The number of anilines is 2. The summed E-state index contributed by atoms with van der Waals surface area (Å²) in [5, 5.41) is 15.8. The van der Waals surface area contributed by atoms with E-state index in [2.05, 4.69) is 20.2 Å². The highest BCUT2D eigenvalue weighted by atomic mass is 35.5. The third-order valence-corrected chi connectivity index (χ3v) is 5.66. The first-order valence-corrected chi connectivity index (χ1v) is 10.4. The fourth-order valence-electron chi connectivity index (χ4n) is 2.45. The SMILES string of the molecule is C/C(=N\Nc1ccc([N+](=O)[O-])cc1S(=O)(=O)Nc1ccc(Cl)cc1)c1cccnc1. The molecule has 0 amide bonds. The maximum absolute atomic E-state index is 12.9. The Balaban J connectivity index is 1.97. The number of hydrogen-bond donors (Lipinski definition) is 2. The summed E-state index contributed by atoms with van der Waals surface area (Å²) in [5.74, 6) is 0. The average Bonchev–Trinajstić information content (AvgIpc) is 2.74. The zero-order valence-electron chi connectivity index (χ0n) is 15.6. The van der Waals surface area contributed by atoms with Crippen LogP contribution in [-0.2, 0) is 10.0 Å². The zero-order chi connectivity index (χ0) is 21.7. The van der Waals surface area contributed by atoms with Crippen molar-refractivity contribution < 1.29 is 13.3 Å². The Morgan fingerprint density at radius 2 is 1.90 bits per heavy atom. The van der Waals surface area contributed by atoms with Gasteiger partial charge in [0.15, 0.2) is 0 Å². The smallest absolute Gasteiger partial charge is 0.270 e. The number of nitrogens with zero attached hydrogens (tertiary/aromatic N) is 3. The van der Waals surface area contributed by atoms with Gasteiger partial charge in [-0.15, -0.1) is 0 Å². The van der Waals surface area contributed by atoms with Gasteiger partial charge in [-0.2, -0.15) is 5.10 Å². The summed E-state index contributed by atoms with van der Waals surface area (Å²) in [6.07, 6.45) is 3.23. The predicted octanol–water partition coefficient (Wildman–Crippen LogP) is 4.28. The van der Waals surface area contributed by atoms with Crippen LogP contribution in [0.5, 0.6) is 0 Å². The number of nitro groups is 1. The van der Waals surface area contributed by atoms with Crippen LogP contribution in [0.15, 0.2) is 77.0 Å². The molecule has 9 nitrogen and oxygen atoms in total. The summed E-state index contributed by atoms with van der Waals surface area (Å²) < 4.78 is 28.2. The van der Waals surface area contributed by atoms with Crippen molar-refractivity contribution in [2.24, 2.45) is 5.10 Å². The quantitative estimate of drug-likeness (QED) is 0.317. The third kappa shape index (κ3) is 5.10. The maximum atomic E-state index is 12.9. The van der Waals surface area contributed by atoms with Crippen LogP contribution in [-0.4, -0.2) is 24.0 Å². The molecule has 11 heteroatoms. The van der Waals surface area contributed by atoms with Crippen LogP contribution in [0.1, 0.15) is 12.5 Å². The van der Waals surface area contributed by atoms with Crippen LogP contribution in [0.4, 0.5) is 17.1 Å². The molecule has 154 valence electrons. The molecule has 30 heavy (non-hydrogen) atoms. The van der Waals surface area contributed by atoms with Gasteiger partial charge in [0.05, 0.1) is 16.3 Å². The summed E-state index contributed by atoms with van der Waals surface area (Å²) >= 11 is 5.82. The molecule has 0 fully saturated rings. The molecule has 3 aromatic rings.